The van der Waals surface area contributed by atoms with Crippen LogP contribution in [-0.2, 0) is 14.3 Å². The Morgan fingerprint density at radius 3 is 2.38 bits per heavy atom. The molecule has 5 nitrogen and oxygen atoms in total. The van der Waals surface area contributed by atoms with Crippen LogP contribution in [0, 0.1) is 0 Å². The van der Waals surface area contributed by atoms with Crippen LogP contribution in [0.3, 0.4) is 0 Å². The van der Waals surface area contributed by atoms with E-state index in [0.717, 1.165) is 25.7 Å². The highest BCUT2D eigenvalue weighted by atomic mass is 19.2. The molecule has 94 valence electrons. The zero-order valence-electron chi connectivity index (χ0n) is 9.34. The van der Waals surface area contributed by atoms with Gasteiger partial charge in [0.25, 0.3) is 0 Å². The lowest BCUT2D eigenvalue weighted by molar-refractivity contribution is -0.231. The molecule has 0 unspecified atom stereocenters. The normalized spacial score (nSPS) is 18.6. The Hall–Kier alpha value is -0.720. The van der Waals surface area contributed by atoms with Gasteiger partial charge in [0.05, 0.1) is 13.2 Å². The van der Waals surface area contributed by atoms with Gasteiger partial charge in [0.2, 0.25) is 6.41 Å². The van der Waals surface area contributed by atoms with Crippen LogP contribution in [0.15, 0.2) is 0 Å². The SMILES string of the molecule is O=CNCCOC1(OCCNF)CCCC1. The smallest absolute Gasteiger partial charge is 0.207 e. The number of nitrogens with one attached hydrogen (secondary N) is 2. The van der Waals surface area contributed by atoms with Crippen LogP contribution < -0.4 is 10.9 Å². The Labute approximate surface area is 94.6 Å². The summed E-state index contributed by atoms with van der Waals surface area (Å²) in [4.78, 5) is 10.0. The molecule has 0 atom stereocenters. The Morgan fingerprint density at radius 2 is 1.81 bits per heavy atom. The first kappa shape index (κ1) is 13.3. The van der Waals surface area contributed by atoms with Gasteiger partial charge < -0.3 is 14.8 Å². The molecule has 1 aliphatic carbocycles. The highest BCUT2D eigenvalue weighted by Gasteiger charge is 2.35. The topological polar surface area (TPSA) is 59.6 Å². The molecule has 1 aliphatic rings. The molecule has 1 saturated carbocycles. The molecule has 0 spiro atoms. The van der Waals surface area contributed by atoms with Gasteiger partial charge >= 0.3 is 0 Å². The highest BCUT2D eigenvalue weighted by molar-refractivity contribution is 5.45. The van der Waals surface area contributed by atoms with Crippen molar-refractivity contribution in [2.24, 2.45) is 0 Å². The minimum absolute atomic E-state index is 0.164. The Balaban J connectivity index is 2.24. The molecule has 0 aromatic heterocycles. The molecule has 2 N–H and O–H groups in total. The molecule has 0 saturated heterocycles. The van der Waals surface area contributed by atoms with Crippen molar-refractivity contribution in [1.82, 2.24) is 10.9 Å². The number of ether oxygens (including phenoxy) is 2. The van der Waals surface area contributed by atoms with E-state index >= 15 is 0 Å². The third-order valence-corrected chi connectivity index (χ3v) is 2.62. The standard InChI is InChI=1S/C10H19FN2O3/c11-13-6-8-16-10(3-1-2-4-10)15-7-5-12-9-14/h9,13H,1-8H2,(H,12,14). The van der Waals surface area contributed by atoms with Crippen molar-refractivity contribution in [1.29, 1.82) is 0 Å². The maximum absolute atomic E-state index is 11.7. The highest BCUT2D eigenvalue weighted by Crippen LogP contribution is 2.34. The van der Waals surface area contributed by atoms with Crippen LogP contribution in [0.1, 0.15) is 25.7 Å². The molecule has 6 heteroatoms. The maximum Gasteiger partial charge on any atom is 0.207 e. The zero-order valence-corrected chi connectivity index (χ0v) is 9.34. The number of carbonyl (C=O) groups excluding carboxylic acids is 1. The lowest BCUT2D eigenvalue weighted by Crippen LogP contribution is -2.36. The molecule has 0 heterocycles. The van der Waals surface area contributed by atoms with Gasteiger partial charge in [-0.05, 0) is 12.8 Å². The van der Waals surface area contributed by atoms with Gasteiger partial charge in [-0.2, -0.15) is 5.54 Å². The molecule has 0 aromatic carbocycles. The van der Waals surface area contributed by atoms with E-state index in [-0.39, 0.29) is 13.2 Å². The van der Waals surface area contributed by atoms with Gasteiger partial charge in [-0.25, -0.2) is 0 Å². The van der Waals surface area contributed by atoms with Crippen molar-refractivity contribution in [3.8, 4) is 0 Å². The largest absolute Gasteiger partial charge is 0.356 e. The number of hydrogen-bond acceptors (Lipinski definition) is 4. The summed E-state index contributed by atoms with van der Waals surface area (Å²) >= 11 is 0. The fourth-order valence-corrected chi connectivity index (χ4v) is 1.87. The quantitative estimate of drug-likeness (QED) is 0.264. The first-order chi connectivity index (χ1) is 7.83. The summed E-state index contributed by atoms with van der Waals surface area (Å²) in [5.74, 6) is -0.568. The fraction of sp³-hybridized carbons (Fsp3) is 0.900. The van der Waals surface area contributed by atoms with Crippen LogP contribution in [0.4, 0.5) is 4.48 Å². The molecule has 16 heavy (non-hydrogen) atoms. The van der Waals surface area contributed by atoms with Crippen molar-refractivity contribution in [3.05, 3.63) is 0 Å². The summed E-state index contributed by atoms with van der Waals surface area (Å²) in [5, 5.41) is 2.52. The zero-order chi connectivity index (χ0) is 11.7. The van der Waals surface area contributed by atoms with Crippen molar-refractivity contribution in [2.45, 2.75) is 31.5 Å². The van der Waals surface area contributed by atoms with Crippen LogP contribution in [0.5, 0.6) is 0 Å². The van der Waals surface area contributed by atoms with E-state index in [1.807, 2.05) is 0 Å². The Morgan fingerprint density at radius 1 is 1.19 bits per heavy atom. The van der Waals surface area contributed by atoms with E-state index in [1.165, 1.54) is 0 Å². The van der Waals surface area contributed by atoms with E-state index in [2.05, 4.69) is 5.32 Å². The molecule has 1 rings (SSSR count). The summed E-state index contributed by atoms with van der Waals surface area (Å²) in [5.41, 5.74) is 1.55. The average Bonchev–Trinajstić information content (AvgIpc) is 2.74. The summed E-state index contributed by atoms with van der Waals surface area (Å²) in [7, 11) is 0. The summed E-state index contributed by atoms with van der Waals surface area (Å²) < 4.78 is 22.9. The number of halogens is 1. The van der Waals surface area contributed by atoms with Gasteiger partial charge in [-0.1, -0.05) is 0 Å². The van der Waals surface area contributed by atoms with Crippen LogP contribution in [0.2, 0.25) is 0 Å². The second kappa shape index (κ2) is 7.54. The first-order valence-corrected chi connectivity index (χ1v) is 5.61. The van der Waals surface area contributed by atoms with Crippen LogP contribution in [0.25, 0.3) is 0 Å². The van der Waals surface area contributed by atoms with Crippen molar-refractivity contribution >= 4 is 6.41 Å². The molecule has 1 fully saturated rings. The lowest BCUT2D eigenvalue weighted by atomic mass is 10.2. The summed E-state index contributed by atoms with van der Waals surface area (Å²) in [6.45, 7) is 1.34. The molecule has 0 bridgehead atoms. The second-order valence-electron chi connectivity index (χ2n) is 3.77. The maximum atomic E-state index is 11.7. The number of hydrogen-bond donors (Lipinski definition) is 2. The Kier molecular flexibility index (Phi) is 6.29. The van der Waals surface area contributed by atoms with E-state index < -0.39 is 5.79 Å². The number of carbonyl (C=O) groups is 1. The van der Waals surface area contributed by atoms with Gasteiger partial charge in [0.1, 0.15) is 0 Å². The lowest BCUT2D eigenvalue weighted by Gasteiger charge is -2.29. The predicted molar refractivity (Wildman–Crippen MR) is 56.3 cm³/mol. The molecule has 0 radical (unpaired) electrons. The fourth-order valence-electron chi connectivity index (χ4n) is 1.87. The van der Waals surface area contributed by atoms with Crippen LogP contribution >= 0.6 is 0 Å². The van der Waals surface area contributed by atoms with Crippen LogP contribution in [-0.4, -0.2) is 38.5 Å². The van der Waals surface area contributed by atoms with E-state index in [1.54, 1.807) is 5.54 Å². The van der Waals surface area contributed by atoms with Gasteiger partial charge in [-0.15, -0.1) is 4.48 Å². The monoisotopic (exact) mass is 234 g/mol. The Bertz CT molecular complexity index is 199. The average molecular weight is 234 g/mol. The molecular weight excluding hydrogens is 215 g/mol. The summed E-state index contributed by atoms with van der Waals surface area (Å²) in [6.07, 6.45) is 4.42. The molecular formula is C10H19FN2O3. The first-order valence-electron chi connectivity index (χ1n) is 5.61. The third kappa shape index (κ3) is 4.42. The minimum Gasteiger partial charge on any atom is -0.356 e. The summed E-state index contributed by atoms with van der Waals surface area (Å²) in [6, 6.07) is 0. The van der Waals surface area contributed by atoms with Gasteiger partial charge in [0.15, 0.2) is 5.79 Å². The van der Waals surface area contributed by atoms with Gasteiger partial charge in [-0.3, -0.25) is 4.79 Å². The van der Waals surface area contributed by atoms with E-state index in [4.69, 9.17) is 9.47 Å². The van der Waals surface area contributed by atoms with Crippen molar-refractivity contribution in [2.75, 3.05) is 26.3 Å². The second-order valence-corrected chi connectivity index (χ2v) is 3.77. The van der Waals surface area contributed by atoms with Crippen molar-refractivity contribution < 1.29 is 18.7 Å². The molecule has 0 aliphatic heterocycles. The predicted octanol–water partition coefficient (Wildman–Crippen LogP) is 0.510. The molecule has 0 aromatic rings. The number of rotatable bonds is 9. The van der Waals surface area contributed by atoms with E-state index in [0.29, 0.717) is 19.6 Å². The van der Waals surface area contributed by atoms with Gasteiger partial charge in [0, 0.05) is 25.9 Å². The van der Waals surface area contributed by atoms with Crippen molar-refractivity contribution in [3.63, 3.8) is 0 Å². The minimum atomic E-state index is -0.568. The third-order valence-electron chi connectivity index (χ3n) is 2.62. The van der Waals surface area contributed by atoms with E-state index in [9.17, 15) is 9.28 Å². The number of amides is 1. The molecule has 1 amide bonds.